The van der Waals surface area contributed by atoms with Gasteiger partial charge >= 0.3 is 0 Å². The van der Waals surface area contributed by atoms with Crippen LogP contribution in [0.2, 0.25) is 0 Å². The molecule has 2 aliphatic heterocycles. The van der Waals surface area contributed by atoms with Crippen LogP contribution in [0.5, 0.6) is 0 Å². The highest BCUT2D eigenvalue weighted by atomic mass is 15.3. The van der Waals surface area contributed by atoms with Crippen molar-refractivity contribution >= 4 is 5.82 Å². The number of rotatable bonds is 4. The highest BCUT2D eigenvalue weighted by Gasteiger charge is 2.19. The monoisotopic (exact) mass is 274 g/mol. The number of aromatic nitrogens is 1. The molecule has 110 valence electrons. The Morgan fingerprint density at radius 2 is 2.10 bits per heavy atom. The summed E-state index contributed by atoms with van der Waals surface area (Å²) in [5.41, 5.74) is 0. The van der Waals surface area contributed by atoms with Crippen molar-refractivity contribution in [3.63, 3.8) is 0 Å². The molecule has 2 saturated heterocycles. The second-order valence-electron chi connectivity index (χ2n) is 6.02. The molecule has 1 aromatic rings. The van der Waals surface area contributed by atoms with Gasteiger partial charge in [0.2, 0.25) is 0 Å². The van der Waals surface area contributed by atoms with Crippen molar-refractivity contribution in [2.24, 2.45) is 5.92 Å². The minimum absolute atomic E-state index is 0.901. The van der Waals surface area contributed by atoms with Crippen LogP contribution in [0.3, 0.4) is 0 Å². The predicted molar refractivity (Wildman–Crippen MR) is 83.1 cm³/mol. The van der Waals surface area contributed by atoms with Crippen LogP contribution in [0, 0.1) is 5.92 Å². The Morgan fingerprint density at radius 1 is 1.20 bits per heavy atom. The summed E-state index contributed by atoms with van der Waals surface area (Å²) in [6.45, 7) is 8.29. The van der Waals surface area contributed by atoms with Gasteiger partial charge in [0.1, 0.15) is 5.82 Å². The Morgan fingerprint density at radius 3 is 2.80 bits per heavy atom. The fourth-order valence-electron chi connectivity index (χ4n) is 3.28. The minimum atomic E-state index is 0.901. The van der Waals surface area contributed by atoms with E-state index in [2.05, 4.69) is 32.2 Å². The van der Waals surface area contributed by atoms with Gasteiger partial charge in [-0.05, 0) is 56.9 Å². The normalized spacial score (nSPS) is 24.8. The molecule has 0 aliphatic carbocycles. The number of nitrogens with one attached hydrogen (secondary N) is 1. The van der Waals surface area contributed by atoms with E-state index in [4.69, 9.17) is 0 Å². The number of hydrogen-bond donors (Lipinski definition) is 1. The lowest BCUT2D eigenvalue weighted by molar-refractivity contribution is 0.225. The average Bonchev–Trinajstić information content (AvgIpc) is 2.55. The summed E-state index contributed by atoms with van der Waals surface area (Å²) in [4.78, 5) is 9.47. The lowest BCUT2D eigenvalue weighted by Crippen LogP contribution is -2.47. The summed E-state index contributed by atoms with van der Waals surface area (Å²) in [5, 5.41) is 3.52. The molecule has 0 aromatic carbocycles. The molecule has 0 amide bonds. The lowest BCUT2D eigenvalue weighted by atomic mass is 9.96. The van der Waals surface area contributed by atoms with E-state index in [-0.39, 0.29) is 0 Å². The molecule has 2 fully saturated rings. The van der Waals surface area contributed by atoms with E-state index in [1.165, 1.54) is 52.0 Å². The number of nitrogens with zero attached hydrogens (tertiary/aromatic N) is 3. The molecule has 4 heteroatoms. The van der Waals surface area contributed by atoms with Crippen LogP contribution >= 0.6 is 0 Å². The zero-order valence-electron chi connectivity index (χ0n) is 12.3. The minimum Gasteiger partial charge on any atom is -0.354 e. The second-order valence-corrected chi connectivity index (χ2v) is 6.02. The van der Waals surface area contributed by atoms with Gasteiger partial charge in [-0.2, -0.15) is 0 Å². The molecule has 1 aromatic heterocycles. The maximum atomic E-state index is 4.45. The van der Waals surface area contributed by atoms with Crippen molar-refractivity contribution in [1.82, 2.24) is 15.2 Å². The largest absolute Gasteiger partial charge is 0.354 e. The summed E-state index contributed by atoms with van der Waals surface area (Å²) in [6, 6.07) is 6.17. The van der Waals surface area contributed by atoms with Crippen LogP contribution in [0.25, 0.3) is 0 Å². The van der Waals surface area contributed by atoms with Crippen LogP contribution in [0.1, 0.15) is 19.3 Å². The predicted octanol–water partition coefficient (Wildman–Crippen LogP) is 1.59. The summed E-state index contributed by atoms with van der Waals surface area (Å²) in [7, 11) is 0. The molecule has 0 spiro atoms. The number of piperidine rings is 1. The van der Waals surface area contributed by atoms with Gasteiger partial charge in [0.05, 0.1) is 0 Å². The van der Waals surface area contributed by atoms with E-state index in [9.17, 15) is 0 Å². The van der Waals surface area contributed by atoms with Gasteiger partial charge in [0.25, 0.3) is 0 Å². The van der Waals surface area contributed by atoms with Gasteiger partial charge in [-0.3, -0.25) is 4.90 Å². The first kappa shape index (κ1) is 13.8. The molecule has 2 aliphatic rings. The van der Waals surface area contributed by atoms with Crippen molar-refractivity contribution in [2.75, 3.05) is 50.7 Å². The fourth-order valence-corrected chi connectivity index (χ4v) is 3.28. The molecule has 0 saturated carbocycles. The molecular weight excluding hydrogens is 248 g/mol. The highest BCUT2D eigenvalue weighted by molar-refractivity contribution is 5.38. The molecule has 1 atom stereocenters. The number of pyridine rings is 1. The molecule has 0 bridgehead atoms. The smallest absolute Gasteiger partial charge is 0.128 e. The summed E-state index contributed by atoms with van der Waals surface area (Å²) >= 11 is 0. The Kier molecular flexibility index (Phi) is 4.87. The Labute approximate surface area is 122 Å². The SMILES string of the molecule is c1ccc(N2CCN(CCC3CCCNC3)CC2)nc1. The van der Waals surface area contributed by atoms with Crippen LogP contribution in [0.4, 0.5) is 5.82 Å². The maximum Gasteiger partial charge on any atom is 0.128 e. The number of piperazine rings is 1. The van der Waals surface area contributed by atoms with Gasteiger partial charge in [-0.25, -0.2) is 4.98 Å². The molecule has 4 nitrogen and oxygen atoms in total. The molecule has 1 N–H and O–H groups in total. The highest BCUT2D eigenvalue weighted by Crippen LogP contribution is 2.16. The molecule has 3 heterocycles. The van der Waals surface area contributed by atoms with Crippen molar-refractivity contribution < 1.29 is 0 Å². The van der Waals surface area contributed by atoms with Crippen molar-refractivity contribution in [2.45, 2.75) is 19.3 Å². The van der Waals surface area contributed by atoms with Gasteiger partial charge in [0, 0.05) is 32.4 Å². The van der Waals surface area contributed by atoms with Gasteiger partial charge in [-0.1, -0.05) is 6.07 Å². The molecule has 20 heavy (non-hydrogen) atoms. The zero-order valence-corrected chi connectivity index (χ0v) is 12.3. The van der Waals surface area contributed by atoms with E-state index >= 15 is 0 Å². The number of anilines is 1. The maximum absolute atomic E-state index is 4.45. The van der Waals surface area contributed by atoms with E-state index in [1.54, 1.807) is 0 Å². The van der Waals surface area contributed by atoms with Gasteiger partial charge in [0.15, 0.2) is 0 Å². The number of hydrogen-bond acceptors (Lipinski definition) is 4. The third kappa shape index (κ3) is 3.70. The summed E-state index contributed by atoms with van der Waals surface area (Å²) in [6.07, 6.45) is 6.02. The van der Waals surface area contributed by atoms with Crippen molar-refractivity contribution in [3.05, 3.63) is 24.4 Å². The Bertz CT molecular complexity index is 381. The van der Waals surface area contributed by atoms with Crippen LogP contribution in [-0.4, -0.2) is 55.7 Å². The molecule has 0 radical (unpaired) electrons. The molecular formula is C16H26N4. The van der Waals surface area contributed by atoms with E-state index < -0.39 is 0 Å². The van der Waals surface area contributed by atoms with Gasteiger partial charge < -0.3 is 10.2 Å². The summed E-state index contributed by atoms with van der Waals surface area (Å²) < 4.78 is 0. The zero-order chi connectivity index (χ0) is 13.6. The standard InChI is InChI=1S/C16H26N4/c1-2-8-18-16(5-1)20-12-10-19(11-13-20)9-6-15-4-3-7-17-14-15/h1-2,5,8,15,17H,3-4,6-7,9-14H2. The lowest BCUT2D eigenvalue weighted by Gasteiger charge is -2.36. The molecule has 3 rings (SSSR count). The summed E-state index contributed by atoms with van der Waals surface area (Å²) in [5.74, 6) is 2.03. The van der Waals surface area contributed by atoms with E-state index in [0.717, 1.165) is 24.8 Å². The second kappa shape index (κ2) is 7.04. The Hall–Kier alpha value is -1.13. The van der Waals surface area contributed by atoms with E-state index in [1.807, 2.05) is 12.3 Å². The first-order valence-electron chi connectivity index (χ1n) is 8.01. The topological polar surface area (TPSA) is 31.4 Å². The van der Waals surface area contributed by atoms with Crippen molar-refractivity contribution in [3.8, 4) is 0 Å². The average molecular weight is 274 g/mol. The molecule has 1 unspecified atom stereocenters. The fraction of sp³-hybridized carbons (Fsp3) is 0.688. The Balaban J connectivity index is 1.40. The van der Waals surface area contributed by atoms with Crippen LogP contribution in [0.15, 0.2) is 24.4 Å². The van der Waals surface area contributed by atoms with Crippen LogP contribution in [-0.2, 0) is 0 Å². The van der Waals surface area contributed by atoms with Crippen LogP contribution < -0.4 is 10.2 Å². The van der Waals surface area contributed by atoms with Gasteiger partial charge in [-0.15, -0.1) is 0 Å². The quantitative estimate of drug-likeness (QED) is 0.903. The van der Waals surface area contributed by atoms with E-state index in [0.29, 0.717) is 0 Å². The van der Waals surface area contributed by atoms with Crippen molar-refractivity contribution in [1.29, 1.82) is 0 Å². The third-order valence-electron chi connectivity index (χ3n) is 4.60. The first-order chi connectivity index (χ1) is 9.92. The first-order valence-corrected chi connectivity index (χ1v) is 8.01. The third-order valence-corrected chi connectivity index (χ3v) is 4.60.